The van der Waals surface area contributed by atoms with Crippen LogP contribution in [-0.2, 0) is 6.18 Å². The number of hydrogen-bond acceptors (Lipinski definition) is 2. The number of hydrogen-bond donors (Lipinski definition) is 1. The first kappa shape index (κ1) is 16.4. The van der Waals surface area contributed by atoms with Gasteiger partial charge in [-0.05, 0) is 30.7 Å². The fourth-order valence-corrected chi connectivity index (χ4v) is 2.18. The Balaban J connectivity index is 2.08. The molecule has 0 aliphatic heterocycles. The van der Waals surface area contributed by atoms with Gasteiger partial charge in [-0.25, -0.2) is 0 Å². The van der Waals surface area contributed by atoms with Gasteiger partial charge in [0.25, 0.3) is 0 Å². The van der Waals surface area contributed by atoms with Gasteiger partial charge in [-0.1, -0.05) is 35.9 Å². The highest BCUT2D eigenvalue weighted by Crippen LogP contribution is 2.31. The third kappa shape index (κ3) is 4.24. The van der Waals surface area contributed by atoms with Crippen molar-refractivity contribution in [2.24, 2.45) is 5.73 Å². The Morgan fingerprint density at radius 1 is 1.09 bits per heavy atom. The third-order valence-corrected chi connectivity index (χ3v) is 3.41. The molecule has 0 aromatic heterocycles. The zero-order valence-electron chi connectivity index (χ0n) is 12.2. The van der Waals surface area contributed by atoms with E-state index in [0.29, 0.717) is 6.54 Å². The van der Waals surface area contributed by atoms with Gasteiger partial charge in [0, 0.05) is 12.5 Å². The van der Waals surface area contributed by atoms with E-state index in [1.54, 1.807) is 0 Å². The fraction of sp³-hybridized carbons (Fsp3) is 0.294. The number of nitrogens with two attached hydrogens (primary N) is 1. The standard InChI is InChI=1S/C17H18F3NO/c1-12-4-2-5-13(8-12)14(10-21)11-22-16-7-3-6-15(9-16)17(18,19)20/h2-9,14H,10-11,21H2,1H3. The normalized spacial score (nSPS) is 13.0. The van der Waals surface area contributed by atoms with Crippen molar-refractivity contribution < 1.29 is 17.9 Å². The molecule has 2 rings (SSSR count). The lowest BCUT2D eigenvalue weighted by molar-refractivity contribution is -0.137. The zero-order valence-corrected chi connectivity index (χ0v) is 12.2. The third-order valence-electron chi connectivity index (χ3n) is 3.41. The predicted octanol–water partition coefficient (Wildman–Crippen LogP) is 4.14. The second-order valence-electron chi connectivity index (χ2n) is 5.18. The highest BCUT2D eigenvalue weighted by atomic mass is 19.4. The van der Waals surface area contributed by atoms with Crippen molar-refractivity contribution in [3.8, 4) is 5.75 Å². The fourth-order valence-electron chi connectivity index (χ4n) is 2.18. The summed E-state index contributed by atoms with van der Waals surface area (Å²) in [7, 11) is 0. The topological polar surface area (TPSA) is 35.2 Å². The lowest BCUT2D eigenvalue weighted by atomic mass is 9.98. The molecule has 2 aromatic carbocycles. The first-order valence-electron chi connectivity index (χ1n) is 6.97. The highest BCUT2D eigenvalue weighted by Gasteiger charge is 2.30. The number of aryl methyl sites for hydroxylation is 1. The summed E-state index contributed by atoms with van der Waals surface area (Å²) in [6.07, 6.45) is -4.37. The van der Waals surface area contributed by atoms with Gasteiger partial charge >= 0.3 is 6.18 Å². The number of benzene rings is 2. The maximum atomic E-state index is 12.7. The van der Waals surface area contributed by atoms with E-state index < -0.39 is 11.7 Å². The molecule has 0 amide bonds. The first-order valence-corrected chi connectivity index (χ1v) is 6.97. The summed E-state index contributed by atoms with van der Waals surface area (Å²) in [6, 6.07) is 12.7. The summed E-state index contributed by atoms with van der Waals surface area (Å²) < 4.78 is 43.5. The molecule has 2 N–H and O–H groups in total. The Hall–Kier alpha value is -2.01. The number of halogens is 3. The minimum atomic E-state index is -4.37. The maximum Gasteiger partial charge on any atom is 0.416 e. The van der Waals surface area contributed by atoms with Crippen molar-refractivity contribution in [3.05, 3.63) is 65.2 Å². The molecule has 118 valence electrons. The lowest BCUT2D eigenvalue weighted by Crippen LogP contribution is -2.20. The van der Waals surface area contributed by atoms with Crippen molar-refractivity contribution in [1.29, 1.82) is 0 Å². The largest absolute Gasteiger partial charge is 0.493 e. The van der Waals surface area contributed by atoms with Gasteiger partial charge in [0.05, 0.1) is 12.2 Å². The maximum absolute atomic E-state index is 12.7. The smallest absolute Gasteiger partial charge is 0.416 e. The minimum absolute atomic E-state index is 0.0607. The van der Waals surface area contributed by atoms with Crippen LogP contribution in [0, 0.1) is 6.92 Å². The second kappa shape index (κ2) is 6.83. The van der Waals surface area contributed by atoms with E-state index in [9.17, 15) is 13.2 Å². The molecule has 2 aromatic rings. The van der Waals surface area contributed by atoms with Gasteiger partial charge in [0.15, 0.2) is 0 Å². The molecule has 0 fully saturated rings. The van der Waals surface area contributed by atoms with Crippen LogP contribution in [0.4, 0.5) is 13.2 Å². The summed E-state index contributed by atoms with van der Waals surface area (Å²) in [5.41, 5.74) is 7.17. The number of alkyl halides is 3. The van der Waals surface area contributed by atoms with Crippen molar-refractivity contribution in [3.63, 3.8) is 0 Å². The molecule has 0 aliphatic rings. The van der Waals surface area contributed by atoms with Crippen LogP contribution in [0.5, 0.6) is 5.75 Å². The molecule has 1 unspecified atom stereocenters. The molecule has 0 bridgehead atoms. The van der Waals surface area contributed by atoms with E-state index >= 15 is 0 Å². The van der Waals surface area contributed by atoms with Crippen LogP contribution in [0.25, 0.3) is 0 Å². The van der Waals surface area contributed by atoms with Crippen LogP contribution >= 0.6 is 0 Å². The molecule has 0 saturated carbocycles. The summed E-state index contributed by atoms with van der Waals surface area (Å²) in [4.78, 5) is 0. The highest BCUT2D eigenvalue weighted by molar-refractivity contribution is 5.31. The van der Waals surface area contributed by atoms with Crippen molar-refractivity contribution in [2.45, 2.75) is 19.0 Å². The molecule has 1 atom stereocenters. The van der Waals surface area contributed by atoms with E-state index in [-0.39, 0.29) is 18.3 Å². The van der Waals surface area contributed by atoms with Crippen LogP contribution in [0.2, 0.25) is 0 Å². The summed E-state index contributed by atoms with van der Waals surface area (Å²) in [6.45, 7) is 2.58. The lowest BCUT2D eigenvalue weighted by Gasteiger charge is -2.17. The molecule has 0 heterocycles. The van der Waals surface area contributed by atoms with Crippen molar-refractivity contribution in [2.75, 3.05) is 13.2 Å². The van der Waals surface area contributed by atoms with Crippen LogP contribution in [-0.4, -0.2) is 13.2 Å². The summed E-state index contributed by atoms with van der Waals surface area (Å²) >= 11 is 0. The predicted molar refractivity (Wildman–Crippen MR) is 79.9 cm³/mol. The molecule has 0 saturated heterocycles. The van der Waals surface area contributed by atoms with Crippen LogP contribution < -0.4 is 10.5 Å². The molecule has 5 heteroatoms. The second-order valence-corrected chi connectivity index (χ2v) is 5.18. The molecule has 22 heavy (non-hydrogen) atoms. The minimum Gasteiger partial charge on any atom is -0.493 e. The van der Waals surface area contributed by atoms with Gasteiger partial charge in [0.2, 0.25) is 0 Å². The van der Waals surface area contributed by atoms with E-state index in [4.69, 9.17) is 10.5 Å². The van der Waals surface area contributed by atoms with Gasteiger partial charge in [0.1, 0.15) is 5.75 Å². The molecule has 0 aliphatic carbocycles. The van der Waals surface area contributed by atoms with Crippen LogP contribution in [0.1, 0.15) is 22.6 Å². The Kier molecular flexibility index (Phi) is 5.08. The van der Waals surface area contributed by atoms with Crippen molar-refractivity contribution in [1.82, 2.24) is 0 Å². The first-order chi connectivity index (χ1) is 10.4. The molecular weight excluding hydrogens is 291 g/mol. The van der Waals surface area contributed by atoms with E-state index in [0.717, 1.165) is 23.3 Å². The molecule has 0 radical (unpaired) electrons. The van der Waals surface area contributed by atoms with Crippen LogP contribution in [0.3, 0.4) is 0 Å². The quantitative estimate of drug-likeness (QED) is 0.901. The van der Waals surface area contributed by atoms with Gasteiger partial charge < -0.3 is 10.5 Å². The van der Waals surface area contributed by atoms with Crippen LogP contribution in [0.15, 0.2) is 48.5 Å². The SMILES string of the molecule is Cc1cccc(C(CN)COc2cccc(C(F)(F)F)c2)c1. The van der Waals surface area contributed by atoms with Gasteiger partial charge in [-0.3, -0.25) is 0 Å². The monoisotopic (exact) mass is 309 g/mol. The summed E-state index contributed by atoms with van der Waals surface area (Å²) in [5.74, 6) is 0.135. The van der Waals surface area contributed by atoms with E-state index in [2.05, 4.69) is 0 Å². The van der Waals surface area contributed by atoms with E-state index in [1.165, 1.54) is 12.1 Å². The number of rotatable bonds is 5. The van der Waals surface area contributed by atoms with Gasteiger partial charge in [-0.15, -0.1) is 0 Å². The average Bonchev–Trinajstić information content (AvgIpc) is 2.47. The van der Waals surface area contributed by atoms with Crippen molar-refractivity contribution >= 4 is 0 Å². The van der Waals surface area contributed by atoms with E-state index in [1.807, 2.05) is 31.2 Å². The Morgan fingerprint density at radius 2 is 1.82 bits per heavy atom. The molecule has 2 nitrogen and oxygen atoms in total. The molecule has 0 spiro atoms. The summed E-state index contributed by atoms with van der Waals surface area (Å²) in [5, 5.41) is 0. The Bertz CT molecular complexity index is 625. The molecular formula is C17H18F3NO. The number of ether oxygens (including phenoxy) is 1. The Labute approximate surface area is 127 Å². The Morgan fingerprint density at radius 3 is 2.45 bits per heavy atom. The van der Waals surface area contributed by atoms with Gasteiger partial charge in [-0.2, -0.15) is 13.2 Å². The average molecular weight is 309 g/mol. The zero-order chi connectivity index (χ0) is 16.2.